The maximum atomic E-state index is 5.35. The second-order valence-electron chi connectivity index (χ2n) is 3.73. The fraction of sp³-hybridized carbons (Fsp3) is 0.583. The third-order valence-corrected chi connectivity index (χ3v) is 2.67. The lowest BCUT2D eigenvalue weighted by Gasteiger charge is -2.24. The standard InChI is InChI=1S/C12H20N2OS/c1-3-7-14(8-4-2)12(16)13-10-11-6-5-9-15-11/h5-6,9H,3-4,7-8,10H2,1-2H3,(H,13,16). The first-order chi connectivity index (χ1) is 7.77. The minimum absolute atomic E-state index is 0.662. The molecule has 0 bridgehead atoms. The molecule has 1 heterocycles. The molecular weight excluding hydrogens is 220 g/mol. The Balaban J connectivity index is 2.36. The molecule has 0 aliphatic heterocycles. The van der Waals surface area contributed by atoms with Gasteiger partial charge in [0, 0.05) is 13.1 Å². The van der Waals surface area contributed by atoms with Crippen molar-refractivity contribution in [1.82, 2.24) is 10.2 Å². The van der Waals surface area contributed by atoms with Crippen molar-refractivity contribution in [3.8, 4) is 0 Å². The Kier molecular flexibility index (Phi) is 5.93. The third kappa shape index (κ3) is 4.23. The van der Waals surface area contributed by atoms with Crippen molar-refractivity contribution >= 4 is 17.3 Å². The van der Waals surface area contributed by atoms with Crippen molar-refractivity contribution in [2.45, 2.75) is 33.2 Å². The summed E-state index contributed by atoms with van der Waals surface area (Å²) in [5, 5.41) is 4.04. The summed E-state index contributed by atoms with van der Waals surface area (Å²) in [5.74, 6) is 0.912. The van der Waals surface area contributed by atoms with E-state index >= 15 is 0 Å². The van der Waals surface area contributed by atoms with Crippen molar-refractivity contribution in [1.29, 1.82) is 0 Å². The lowest BCUT2D eigenvalue weighted by Crippen LogP contribution is -2.40. The fourth-order valence-electron chi connectivity index (χ4n) is 1.54. The highest BCUT2D eigenvalue weighted by Gasteiger charge is 2.07. The van der Waals surface area contributed by atoms with Crippen LogP contribution in [0.4, 0.5) is 0 Å². The molecule has 0 aliphatic carbocycles. The first kappa shape index (κ1) is 13.0. The zero-order chi connectivity index (χ0) is 11.8. The highest BCUT2D eigenvalue weighted by Crippen LogP contribution is 2.00. The summed E-state index contributed by atoms with van der Waals surface area (Å²) in [6, 6.07) is 3.83. The predicted molar refractivity (Wildman–Crippen MR) is 70.3 cm³/mol. The van der Waals surface area contributed by atoms with Gasteiger partial charge >= 0.3 is 0 Å². The molecule has 1 N–H and O–H groups in total. The molecule has 0 aromatic carbocycles. The maximum Gasteiger partial charge on any atom is 0.169 e. The Morgan fingerprint density at radius 2 is 2.06 bits per heavy atom. The second kappa shape index (κ2) is 7.28. The molecule has 16 heavy (non-hydrogen) atoms. The van der Waals surface area contributed by atoms with Crippen molar-refractivity contribution in [2.75, 3.05) is 13.1 Å². The molecule has 0 saturated carbocycles. The lowest BCUT2D eigenvalue weighted by molar-refractivity contribution is 0.405. The molecule has 0 radical (unpaired) electrons. The van der Waals surface area contributed by atoms with Gasteiger partial charge in [0.2, 0.25) is 0 Å². The second-order valence-corrected chi connectivity index (χ2v) is 4.11. The van der Waals surface area contributed by atoms with Crippen LogP contribution in [0, 0.1) is 0 Å². The molecule has 0 atom stereocenters. The van der Waals surface area contributed by atoms with E-state index in [0.717, 1.165) is 36.8 Å². The largest absolute Gasteiger partial charge is 0.467 e. The van der Waals surface area contributed by atoms with Crippen LogP contribution >= 0.6 is 12.2 Å². The normalized spacial score (nSPS) is 10.1. The predicted octanol–water partition coefficient (Wildman–Crippen LogP) is 2.78. The average Bonchev–Trinajstić information content (AvgIpc) is 2.78. The first-order valence-electron chi connectivity index (χ1n) is 5.83. The Morgan fingerprint density at radius 3 is 2.56 bits per heavy atom. The van der Waals surface area contributed by atoms with Crippen molar-refractivity contribution in [3.05, 3.63) is 24.2 Å². The highest BCUT2D eigenvalue weighted by atomic mass is 32.1. The molecular formula is C12H20N2OS. The number of thiocarbonyl (C=S) groups is 1. The molecule has 0 fully saturated rings. The summed E-state index contributed by atoms with van der Waals surface area (Å²) in [7, 11) is 0. The summed E-state index contributed by atoms with van der Waals surface area (Å²) >= 11 is 5.35. The van der Waals surface area contributed by atoms with E-state index in [2.05, 4.69) is 24.1 Å². The monoisotopic (exact) mass is 240 g/mol. The fourth-order valence-corrected chi connectivity index (χ4v) is 1.80. The van der Waals surface area contributed by atoms with Gasteiger partial charge in [-0.1, -0.05) is 13.8 Å². The molecule has 1 rings (SSSR count). The van der Waals surface area contributed by atoms with Crippen LogP contribution < -0.4 is 5.32 Å². The van der Waals surface area contributed by atoms with Crippen LogP contribution in [0.1, 0.15) is 32.4 Å². The minimum atomic E-state index is 0.662. The van der Waals surface area contributed by atoms with Crippen LogP contribution in [0.5, 0.6) is 0 Å². The van der Waals surface area contributed by atoms with Gasteiger partial charge in [-0.3, -0.25) is 0 Å². The third-order valence-electron chi connectivity index (χ3n) is 2.27. The summed E-state index contributed by atoms with van der Waals surface area (Å²) in [6.45, 7) is 7.01. The van der Waals surface area contributed by atoms with Gasteiger partial charge in [-0.15, -0.1) is 0 Å². The van der Waals surface area contributed by atoms with Crippen LogP contribution in [-0.2, 0) is 6.54 Å². The number of furan rings is 1. The van der Waals surface area contributed by atoms with Crippen molar-refractivity contribution < 1.29 is 4.42 Å². The number of hydrogen-bond acceptors (Lipinski definition) is 2. The van der Waals surface area contributed by atoms with Crippen LogP contribution in [-0.4, -0.2) is 23.1 Å². The van der Waals surface area contributed by atoms with Crippen LogP contribution in [0.3, 0.4) is 0 Å². The summed E-state index contributed by atoms with van der Waals surface area (Å²) < 4.78 is 5.24. The quantitative estimate of drug-likeness (QED) is 0.774. The highest BCUT2D eigenvalue weighted by molar-refractivity contribution is 7.80. The molecule has 0 unspecified atom stereocenters. The molecule has 0 spiro atoms. The van der Waals surface area contributed by atoms with Gasteiger partial charge in [0.25, 0.3) is 0 Å². The van der Waals surface area contributed by atoms with Crippen LogP contribution in [0.25, 0.3) is 0 Å². The molecule has 0 amide bonds. The average molecular weight is 240 g/mol. The van der Waals surface area contributed by atoms with E-state index in [9.17, 15) is 0 Å². The van der Waals surface area contributed by atoms with Gasteiger partial charge in [-0.05, 0) is 37.2 Å². The number of rotatable bonds is 6. The Labute approximate surface area is 103 Å². The van der Waals surface area contributed by atoms with Crippen LogP contribution in [0.2, 0.25) is 0 Å². The van der Waals surface area contributed by atoms with E-state index in [1.807, 2.05) is 12.1 Å². The van der Waals surface area contributed by atoms with Crippen molar-refractivity contribution in [3.63, 3.8) is 0 Å². The van der Waals surface area contributed by atoms with Gasteiger partial charge < -0.3 is 14.6 Å². The van der Waals surface area contributed by atoms with E-state index in [1.54, 1.807) is 6.26 Å². The summed E-state index contributed by atoms with van der Waals surface area (Å²) in [5.41, 5.74) is 0. The number of nitrogens with one attached hydrogen (secondary N) is 1. The number of nitrogens with zero attached hydrogens (tertiary/aromatic N) is 1. The Morgan fingerprint density at radius 1 is 1.38 bits per heavy atom. The Bertz CT molecular complexity index is 292. The molecule has 1 aromatic heterocycles. The maximum absolute atomic E-state index is 5.35. The first-order valence-corrected chi connectivity index (χ1v) is 6.23. The van der Waals surface area contributed by atoms with E-state index in [-0.39, 0.29) is 0 Å². The molecule has 0 saturated heterocycles. The zero-order valence-electron chi connectivity index (χ0n) is 10.0. The minimum Gasteiger partial charge on any atom is -0.467 e. The lowest BCUT2D eigenvalue weighted by atomic mass is 10.4. The number of hydrogen-bond donors (Lipinski definition) is 1. The van der Waals surface area contributed by atoms with Crippen LogP contribution in [0.15, 0.2) is 22.8 Å². The van der Waals surface area contributed by atoms with Gasteiger partial charge in [-0.25, -0.2) is 0 Å². The molecule has 0 aliphatic rings. The van der Waals surface area contributed by atoms with E-state index in [1.165, 1.54) is 0 Å². The molecule has 90 valence electrons. The zero-order valence-corrected chi connectivity index (χ0v) is 10.8. The molecule has 1 aromatic rings. The summed E-state index contributed by atoms with van der Waals surface area (Å²) in [6.07, 6.45) is 3.90. The molecule has 4 heteroatoms. The van der Waals surface area contributed by atoms with Gasteiger partial charge in [-0.2, -0.15) is 0 Å². The van der Waals surface area contributed by atoms with Crippen molar-refractivity contribution in [2.24, 2.45) is 0 Å². The van der Waals surface area contributed by atoms with E-state index in [4.69, 9.17) is 16.6 Å². The van der Waals surface area contributed by atoms with Gasteiger partial charge in [0.15, 0.2) is 5.11 Å². The molecule has 3 nitrogen and oxygen atoms in total. The topological polar surface area (TPSA) is 28.4 Å². The van der Waals surface area contributed by atoms with Gasteiger partial charge in [0.1, 0.15) is 5.76 Å². The van der Waals surface area contributed by atoms with E-state index < -0.39 is 0 Å². The van der Waals surface area contributed by atoms with E-state index in [0.29, 0.717) is 6.54 Å². The summed E-state index contributed by atoms with van der Waals surface area (Å²) in [4.78, 5) is 2.21. The Hall–Kier alpha value is -1.03. The smallest absolute Gasteiger partial charge is 0.169 e. The SMILES string of the molecule is CCCN(CCC)C(=S)NCc1ccco1. The van der Waals surface area contributed by atoms with Gasteiger partial charge in [0.05, 0.1) is 12.8 Å².